The molecule has 0 fully saturated rings. The summed E-state index contributed by atoms with van der Waals surface area (Å²) in [6.07, 6.45) is 6.42. The van der Waals surface area contributed by atoms with Crippen LogP contribution in [0.4, 0.5) is 0 Å². The molecule has 2 amide bonds. The van der Waals surface area contributed by atoms with Gasteiger partial charge in [-0.25, -0.2) is 0 Å². The van der Waals surface area contributed by atoms with Gasteiger partial charge in [-0.15, -0.1) is 0 Å². The largest absolute Gasteiger partial charge is 0.379 e. The summed E-state index contributed by atoms with van der Waals surface area (Å²) in [4.78, 5) is 49.9. The van der Waals surface area contributed by atoms with E-state index in [4.69, 9.17) is 0 Å². The molecule has 0 bridgehead atoms. The molecule has 216 valence electrons. The Morgan fingerprint density at radius 2 is 1.05 bits per heavy atom. The lowest BCUT2D eigenvalue weighted by Gasteiger charge is -2.35. The number of hydrogen-bond acceptors (Lipinski definition) is 6. The van der Waals surface area contributed by atoms with Crippen molar-refractivity contribution in [2.75, 3.05) is 13.1 Å². The van der Waals surface area contributed by atoms with Gasteiger partial charge in [-0.2, -0.15) is 0 Å². The second kappa shape index (κ2) is 12.5. The van der Waals surface area contributed by atoms with Crippen molar-refractivity contribution in [2.24, 2.45) is 0 Å². The number of ketones is 2. The van der Waals surface area contributed by atoms with E-state index in [-0.39, 0.29) is 11.1 Å². The highest BCUT2D eigenvalue weighted by Gasteiger charge is 2.29. The third-order valence-corrected chi connectivity index (χ3v) is 7.25. The number of fused-ring (bicyclic) bond motifs is 2. The summed E-state index contributed by atoms with van der Waals surface area (Å²) in [5, 5.41) is 12.1. The Morgan fingerprint density at radius 1 is 0.659 bits per heavy atom. The fourth-order valence-electron chi connectivity index (χ4n) is 5.40. The third kappa shape index (κ3) is 7.93. The summed E-state index contributed by atoms with van der Waals surface area (Å²) in [6.45, 7) is 8.94. The molecule has 0 radical (unpaired) electrons. The molecule has 4 rings (SSSR count). The Kier molecular flexibility index (Phi) is 9.11. The molecule has 0 atom stereocenters. The third-order valence-electron chi connectivity index (χ3n) is 7.25. The van der Waals surface area contributed by atoms with Crippen LogP contribution < -0.4 is 21.3 Å². The lowest BCUT2D eigenvalue weighted by Crippen LogP contribution is -2.44. The molecule has 8 heteroatoms. The Bertz CT molecular complexity index is 1300. The predicted octanol–water partition coefficient (Wildman–Crippen LogP) is 3.46. The van der Waals surface area contributed by atoms with Crippen molar-refractivity contribution in [2.45, 2.75) is 70.9 Å². The maximum absolute atomic E-state index is 12.6. The molecule has 2 aromatic carbocycles. The van der Waals surface area contributed by atoms with Crippen molar-refractivity contribution in [1.82, 2.24) is 21.3 Å². The van der Waals surface area contributed by atoms with Crippen LogP contribution in [0.25, 0.3) is 11.4 Å². The molecule has 2 aliphatic rings. The molecular weight excluding hydrogens is 516 g/mol. The van der Waals surface area contributed by atoms with Crippen molar-refractivity contribution in [3.63, 3.8) is 0 Å². The van der Waals surface area contributed by atoms with E-state index >= 15 is 0 Å². The molecule has 2 heterocycles. The van der Waals surface area contributed by atoms with Crippen LogP contribution in [0, 0.1) is 0 Å². The van der Waals surface area contributed by atoms with Gasteiger partial charge in [-0.05, 0) is 70.9 Å². The first-order chi connectivity index (χ1) is 19.4. The van der Waals surface area contributed by atoms with Gasteiger partial charge in [0.25, 0.3) is 11.8 Å². The van der Waals surface area contributed by atoms with Crippen LogP contribution in [-0.4, -0.2) is 47.5 Å². The minimum atomic E-state index is -0.645. The summed E-state index contributed by atoms with van der Waals surface area (Å²) in [5.74, 6) is -2.49. The minimum Gasteiger partial charge on any atom is -0.379 e. The topological polar surface area (TPSA) is 116 Å². The quantitative estimate of drug-likeness (QED) is 0.202. The average molecular weight is 557 g/mol. The van der Waals surface area contributed by atoms with Crippen molar-refractivity contribution in [3.8, 4) is 0 Å². The standard InChI is InChI=1S/C33H40N4O4/c1-32(2)20-22-12-6-8-14-24(22)26(36-32)18-28(38)30(40)34-16-10-5-11-17-35-31(41)29(39)19-27-25-15-9-7-13-23(25)21-33(3,4)37-27/h6-9,12-15,18-19,36-37H,5,10-11,16-17,20-21H2,1-4H3,(H,34,40)(H,35,41)/b26-18-,27-19+. The van der Waals surface area contributed by atoms with Crippen molar-refractivity contribution in [3.05, 3.63) is 82.9 Å². The molecule has 0 unspecified atom stereocenters. The molecule has 0 aromatic heterocycles. The molecule has 4 N–H and O–H groups in total. The number of unbranched alkanes of at least 4 members (excludes halogenated alkanes) is 2. The van der Waals surface area contributed by atoms with E-state index in [1.807, 2.05) is 48.5 Å². The second-order valence-corrected chi connectivity index (χ2v) is 12.1. The van der Waals surface area contributed by atoms with E-state index in [0.29, 0.717) is 37.3 Å². The van der Waals surface area contributed by atoms with Gasteiger partial charge in [0, 0.05) is 58.8 Å². The van der Waals surface area contributed by atoms with Gasteiger partial charge >= 0.3 is 0 Å². The average Bonchev–Trinajstić information content (AvgIpc) is 2.90. The zero-order valence-electron chi connectivity index (χ0n) is 24.4. The summed E-state index contributed by atoms with van der Waals surface area (Å²) in [7, 11) is 0. The van der Waals surface area contributed by atoms with Crippen molar-refractivity contribution < 1.29 is 19.2 Å². The van der Waals surface area contributed by atoms with Gasteiger partial charge < -0.3 is 21.3 Å². The van der Waals surface area contributed by atoms with Gasteiger partial charge in [-0.3, -0.25) is 19.2 Å². The normalized spacial score (nSPS) is 18.3. The van der Waals surface area contributed by atoms with E-state index < -0.39 is 23.4 Å². The maximum atomic E-state index is 12.6. The van der Waals surface area contributed by atoms with E-state index in [0.717, 1.165) is 41.5 Å². The first kappa shape index (κ1) is 29.8. The van der Waals surface area contributed by atoms with Gasteiger partial charge in [0.2, 0.25) is 11.6 Å². The number of hydrogen-bond donors (Lipinski definition) is 4. The Labute approximate surface area is 242 Å². The van der Waals surface area contributed by atoms with Crippen LogP contribution in [0.5, 0.6) is 0 Å². The van der Waals surface area contributed by atoms with E-state index in [1.165, 1.54) is 12.2 Å². The van der Waals surface area contributed by atoms with Crippen LogP contribution in [0.2, 0.25) is 0 Å². The molecule has 41 heavy (non-hydrogen) atoms. The highest BCUT2D eigenvalue weighted by Crippen LogP contribution is 2.30. The molecule has 0 spiro atoms. The fraction of sp³-hybridized carbons (Fsp3) is 0.394. The summed E-state index contributed by atoms with van der Waals surface area (Å²) < 4.78 is 0. The van der Waals surface area contributed by atoms with Crippen LogP contribution in [0.1, 0.15) is 69.2 Å². The highest BCUT2D eigenvalue weighted by molar-refractivity contribution is 6.42. The van der Waals surface area contributed by atoms with E-state index in [1.54, 1.807) is 0 Å². The van der Waals surface area contributed by atoms with Gasteiger partial charge in [0.15, 0.2) is 0 Å². The zero-order valence-corrected chi connectivity index (χ0v) is 24.4. The van der Waals surface area contributed by atoms with E-state index in [9.17, 15) is 19.2 Å². The zero-order chi connectivity index (χ0) is 29.6. The number of benzene rings is 2. The predicted molar refractivity (Wildman–Crippen MR) is 161 cm³/mol. The highest BCUT2D eigenvalue weighted by atomic mass is 16.2. The number of rotatable bonds is 10. The molecular formula is C33H40N4O4. The molecule has 2 aliphatic heterocycles. The number of carbonyl (C=O) groups excluding carboxylic acids is 4. The van der Waals surface area contributed by atoms with E-state index in [2.05, 4.69) is 49.0 Å². The van der Waals surface area contributed by atoms with Crippen LogP contribution in [0.3, 0.4) is 0 Å². The van der Waals surface area contributed by atoms with Crippen molar-refractivity contribution >= 4 is 34.8 Å². The summed E-state index contributed by atoms with van der Waals surface area (Å²) in [5.41, 5.74) is 5.03. The molecule has 8 nitrogen and oxygen atoms in total. The summed E-state index contributed by atoms with van der Waals surface area (Å²) in [6, 6.07) is 15.8. The fourth-order valence-corrected chi connectivity index (χ4v) is 5.40. The van der Waals surface area contributed by atoms with Gasteiger partial charge in [-0.1, -0.05) is 48.5 Å². The second-order valence-electron chi connectivity index (χ2n) is 12.1. The Morgan fingerprint density at radius 3 is 1.46 bits per heavy atom. The van der Waals surface area contributed by atoms with Gasteiger partial charge in [0.1, 0.15) is 0 Å². The number of nitrogens with one attached hydrogen (secondary N) is 4. The summed E-state index contributed by atoms with van der Waals surface area (Å²) >= 11 is 0. The SMILES string of the molecule is CC1(C)Cc2ccccc2/C(=C/C(=O)C(=O)NCCCCCNC(=O)C(=O)/C=C2/NC(C)(C)Cc3ccccc32)N1. The Hall–Kier alpha value is -4.20. The van der Waals surface area contributed by atoms with Crippen LogP contribution in [0.15, 0.2) is 60.7 Å². The molecule has 2 aromatic rings. The number of amides is 2. The first-order valence-electron chi connectivity index (χ1n) is 14.2. The molecule has 0 saturated heterocycles. The lowest BCUT2D eigenvalue weighted by molar-refractivity contribution is -0.135. The smallest absolute Gasteiger partial charge is 0.291 e. The van der Waals surface area contributed by atoms with Gasteiger partial charge in [0.05, 0.1) is 0 Å². The number of carbonyl (C=O) groups is 4. The lowest BCUT2D eigenvalue weighted by atomic mass is 9.85. The van der Waals surface area contributed by atoms with Crippen molar-refractivity contribution in [1.29, 1.82) is 0 Å². The van der Waals surface area contributed by atoms with Crippen LogP contribution >= 0.6 is 0 Å². The first-order valence-corrected chi connectivity index (χ1v) is 14.2. The monoisotopic (exact) mass is 556 g/mol. The minimum absolute atomic E-state index is 0.219. The molecule has 0 saturated carbocycles. The maximum Gasteiger partial charge on any atom is 0.291 e. The van der Waals surface area contributed by atoms with Crippen LogP contribution in [-0.2, 0) is 32.0 Å². The Balaban J connectivity index is 1.18. The molecule has 0 aliphatic carbocycles.